The number of aliphatic hydroxyl groups excluding tert-OH is 1. The molecule has 9 atom stereocenters. The Kier molecular flexibility index (Phi) is 28.7. The fourth-order valence-corrected chi connectivity index (χ4v) is 12.0. The number of nitrogens with two attached hydrogens (primary N) is 4. The molecule has 0 saturated heterocycles. The van der Waals surface area contributed by atoms with Crippen molar-refractivity contribution in [3.05, 3.63) is 155 Å². The summed E-state index contributed by atoms with van der Waals surface area (Å²) in [4.78, 5) is 154. The SMILES string of the molecule is CC(=O)N[C@@H](Cc1ccc(O)cc1)C(=O)C[C@@H](CC(N)=O)C(=O)N[C@@H](Cc1c[nH]c2ccccc12)C(=O)C[C@@H](CC(N)=O)C(=O)N[C@@H](CO)C(=O)C[C@@H](Cc1ccccc1)c1cn(Cc2cn([C@@H](CC(C)C)C(=O)N[C@@H](CCCNC(=N)N)C(=O)C[C@@H](Cc3ccc(O)cc3)C(N)=O)nn2)nn1. The van der Waals surface area contributed by atoms with E-state index in [0.29, 0.717) is 45.4 Å². The number of carbonyl (C=O) groups excluding carboxylic acids is 11. The second kappa shape index (κ2) is 37.6. The van der Waals surface area contributed by atoms with E-state index in [2.05, 4.69) is 52.2 Å². The van der Waals surface area contributed by atoms with Crippen molar-refractivity contribution in [1.29, 1.82) is 5.41 Å². The van der Waals surface area contributed by atoms with Crippen molar-refractivity contribution < 1.29 is 68.1 Å². The van der Waals surface area contributed by atoms with Crippen LogP contribution in [0.15, 0.2) is 122 Å². The van der Waals surface area contributed by atoms with Crippen molar-refractivity contribution in [3.63, 3.8) is 0 Å². The van der Waals surface area contributed by atoms with Crippen LogP contribution in [0.4, 0.5) is 0 Å². The highest BCUT2D eigenvalue weighted by molar-refractivity contribution is 5.99. The summed E-state index contributed by atoms with van der Waals surface area (Å²) < 4.78 is 2.81. The molecule has 3 aromatic heterocycles. The summed E-state index contributed by atoms with van der Waals surface area (Å²) in [7, 11) is 0. The number of nitrogens with zero attached hydrogens (tertiary/aromatic N) is 6. The molecule has 3 heterocycles. The molecule has 102 heavy (non-hydrogen) atoms. The third kappa shape index (κ3) is 24.2. The Bertz CT molecular complexity index is 4080. The fourth-order valence-electron chi connectivity index (χ4n) is 12.0. The summed E-state index contributed by atoms with van der Waals surface area (Å²) >= 11 is 0. The molecule has 31 heteroatoms. The van der Waals surface area contributed by atoms with Gasteiger partial charge in [0.15, 0.2) is 29.1 Å². The number of hydrogen-bond donors (Lipinski definition) is 14. The lowest BCUT2D eigenvalue weighted by Crippen LogP contribution is -2.50. The standard InChI is InChI=1S/C71H89N17O14/c1-40(2)24-60(70(102)80-55(14-9-23-77-71(75)76)61(93)30-46(67(74)99)26-43-15-19-51(91)20-16-43)88-37-50(83-86-88)36-87-38-58(84-85-87)45(25-42-10-5-4-6-11-42)29-64(96)59(39-89)82-69(101)48(34-66(73)98)32-63(95)57(28-49-35-78-54-13-8-7-12-53(49)54)81-68(100)47(33-65(72)97)31-62(94)56(79-41(3)90)27-44-17-21-52(92)22-18-44/h4-8,10-13,15-22,35,37-38,40,45-48,55-57,59-60,78,89,91-92H,9,14,23-34,36,39H2,1-3H3,(H2,72,97)(H2,73,98)(H2,74,99)(H,79,90)(H,80,102)(H,81,100)(H,82,101)(H4,75,76,77)/t45-,46-,47+,48+,55+,56+,57+,59+,60+/m1/s1. The number of rotatable bonds is 43. The molecule has 18 N–H and O–H groups in total. The highest BCUT2D eigenvalue weighted by atomic mass is 16.3. The number of hydrogen-bond acceptors (Lipinski definition) is 19. The molecular weight excluding hydrogens is 1310 g/mol. The van der Waals surface area contributed by atoms with Crippen LogP contribution in [0.2, 0.25) is 0 Å². The Balaban J connectivity index is 1.07. The number of phenols is 2. The van der Waals surface area contributed by atoms with Gasteiger partial charge in [0, 0.05) is 93.5 Å². The van der Waals surface area contributed by atoms with E-state index in [1.54, 1.807) is 79.3 Å². The first-order valence-corrected chi connectivity index (χ1v) is 33.4. The van der Waals surface area contributed by atoms with E-state index in [-0.39, 0.29) is 87.8 Å². The van der Waals surface area contributed by atoms with Crippen LogP contribution in [0.25, 0.3) is 10.9 Å². The number of primary amides is 3. The predicted octanol–water partition coefficient (Wildman–Crippen LogP) is 1.59. The maximum atomic E-state index is 14.8. The minimum absolute atomic E-state index is 0.0187. The van der Waals surface area contributed by atoms with Crippen LogP contribution in [-0.4, -0.2) is 158 Å². The Morgan fingerprint density at radius 3 is 1.69 bits per heavy atom. The number of aromatic amines is 1. The number of Topliss-reactive ketones (excluding diaryl/α,β-unsaturated/α-hetero) is 4. The van der Waals surface area contributed by atoms with Crippen molar-refractivity contribution in [1.82, 2.24) is 61.6 Å². The highest BCUT2D eigenvalue weighted by Crippen LogP contribution is 2.28. The zero-order valence-corrected chi connectivity index (χ0v) is 57.0. The first kappa shape index (κ1) is 77.8. The van der Waals surface area contributed by atoms with E-state index in [4.69, 9.17) is 28.3 Å². The second-order valence-corrected chi connectivity index (χ2v) is 26.0. The summed E-state index contributed by atoms with van der Waals surface area (Å²) in [5.41, 5.74) is 26.4. The first-order valence-electron chi connectivity index (χ1n) is 33.4. The van der Waals surface area contributed by atoms with Gasteiger partial charge in [0.05, 0.1) is 55.0 Å². The number of aromatic nitrogens is 7. The molecule has 7 aromatic rings. The lowest BCUT2D eigenvalue weighted by atomic mass is 9.88. The van der Waals surface area contributed by atoms with Gasteiger partial charge in [0.25, 0.3) is 0 Å². The molecule has 31 nitrogen and oxygen atoms in total. The second-order valence-electron chi connectivity index (χ2n) is 26.0. The Morgan fingerprint density at radius 2 is 1.11 bits per heavy atom. The number of guanidine groups is 1. The quantitative estimate of drug-likeness (QED) is 0.0147. The summed E-state index contributed by atoms with van der Waals surface area (Å²) in [6, 6.07) is 21.8. The number of phenolic OH excluding ortho intramolecular Hbond substituents is 2. The van der Waals surface area contributed by atoms with Gasteiger partial charge in [0.1, 0.15) is 29.3 Å². The summed E-state index contributed by atoms with van der Waals surface area (Å²) in [5, 5.41) is 69.3. The average Bonchev–Trinajstić information content (AvgIpc) is 1.65. The number of ketones is 4. The fraction of sp³-hybridized carbons (Fsp3) is 0.408. The molecule has 0 fully saturated rings. The predicted molar refractivity (Wildman–Crippen MR) is 372 cm³/mol. The Labute approximate surface area is 587 Å². The molecule has 7 rings (SSSR count). The maximum Gasteiger partial charge on any atom is 0.245 e. The van der Waals surface area contributed by atoms with Gasteiger partial charge in [-0.15, -0.1) is 10.2 Å². The lowest BCUT2D eigenvalue weighted by molar-refractivity contribution is -0.137. The van der Waals surface area contributed by atoms with Crippen LogP contribution >= 0.6 is 0 Å². The number of para-hydroxylation sites is 1. The zero-order valence-electron chi connectivity index (χ0n) is 57.0. The maximum absolute atomic E-state index is 14.8. The summed E-state index contributed by atoms with van der Waals surface area (Å²) in [5.74, 6) is -13.5. The van der Waals surface area contributed by atoms with Gasteiger partial charge in [-0.3, -0.25) is 58.1 Å². The van der Waals surface area contributed by atoms with Crippen LogP contribution < -0.4 is 49.5 Å². The van der Waals surface area contributed by atoms with Crippen molar-refractivity contribution in [2.75, 3.05) is 13.2 Å². The van der Waals surface area contributed by atoms with Crippen LogP contribution in [0, 0.1) is 29.1 Å². The number of amides is 7. The molecule has 4 aromatic carbocycles. The highest BCUT2D eigenvalue weighted by Gasteiger charge is 2.37. The minimum Gasteiger partial charge on any atom is -0.508 e. The molecular formula is C71H89N17O14. The van der Waals surface area contributed by atoms with Gasteiger partial charge >= 0.3 is 0 Å². The number of nitrogens with one attached hydrogen (secondary N) is 7. The van der Waals surface area contributed by atoms with E-state index < -0.39 is 151 Å². The topological polar surface area (TPSA) is 514 Å². The van der Waals surface area contributed by atoms with E-state index >= 15 is 0 Å². The molecule has 0 aliphatic rings. The molecule has 0 spiro atoms. The molecule has 0 unspecified atom stereocenters. The zero-order chi connectivity index (χ0) is 74.2. The first-order chi connectivity index (χ1) is 48.6. The number of fused-ring (bicyclic) bond motifs is 1. The minimum atomic E-state index is -1.60. The van der Waals surface area contributed by atoms with Crippen LogP contribution in [0.5, 0.6) is 11.5 Å². The van der Waals surface area contributed by atoms with Crippen molar-refractivity contribution in [2.45, 2.75) is 147 Å². The van der Waals surface area contributed by atoms with Crippen LogP contribution in [0.1, 0.15) is 124 Å². The summed E-state index contributed by atoms with van der Waals surface area (Å²) in [6.07, 6.45) is 2.06. The van der Waals surface area contributed by atoms with Crippen LogP contribution in [0.3, 0.4) is 0 Å². The normalized spacial score (nSPS) is 14.0. The summed E-state index contributed by atoms with van der Waals surface area (Å²) in [6.45, 7) is 4.24. The van der Waals surface area contributed by atoms with E-state index in [1.807, 2.05) is 32.0 Å². The monoisotopic (exact) mass is 1400 g/mol. The largest absolute Gasteiger partial charge is 0.508 e. The van der Waals surface area contributed by atoms with Gasteiger partial charge in [-0.1, -0.05) is 97.1 Å². The average molecular weight is 1400 g/mol. The van der Waals surface area contributed by atoms with Gasteiger partial charge < -0.3 is 69.8 Å². The van der Waals surface area contributed by atoms with Crippen molar-refractivity contribution in [3.8, 4) is 11.5 Å². The van der Waals surface area contributed by atoms with Crippen molar-refractivity contribution in [2.24, 2.45) is 46.6 Å². The lowest BCUT2D eigenvalue weighted by Gasteiger charge is -2.25. The third-order valence-electron chi connectivity index (χ3n) is 17.3. The molecule has 0 aliphatic carbocycles. The van der Waals surface area contributed by atoms with Gasteiger partial charge in [-0.2, -0.15) is 0 Å². The molecule has 0 saturated carbocycles. The van der Waals surface area contributed by atoms with Gasteiger partial charge in [-0.25, -0.2) is 9.36 Å². The number of aliphatic hydroxyl groups is 1. The number of H-pyrrole nitrogens is 1. The number of aromatic hydroxyl groups is 2. The van der Waals surface area contributed by atoms with E-state index in [1.165, 1.54) is 40.6 Å². The molecule has 542 valence electrons. The van der Waals surface area contributed by atoms with Gasteiger partial charge in [-0.05, 0) is 97.0 Å². The molecule has 7 amide bonds. The third-order valence-corrected chi connectivity index (χ3v) is 17.3. The number of carbonyl (C=O) groups is 11. The Hall–Kier alpha value is -11.5. The molecule has 0 bridgehead atoms. The van der Waals surface area contributed by atoms with E-state index in [9.17, 15) is 68.1 Å². The molecule has 0 radical (unpaired) electrons. The van der Waals surface area contributed by atoms with Crippen LogP contribution in [-0.2, 0) is 85.0 Å². The Morgan fingerprint density at radius 1 is 0.569 bits per heavy atom. The van der Waals surface area contributed by atoms with Crippen molar-refractivity contribution >= 4 is 81.3 Å². The smallest absolute Gasteiger partial charge is 0.245 e. The van der Waals surface area contributed by atoms with Gasteiger partial charge in [0.2, 0.25) is 41.4 Å². The molecule has 0 aliphatic heterocycles. The number of benzene rings is 4. The van der Waals surface area contributed by atoms with E-state index in [0.717, 1.165) is 5.56 Å².